The molecule has 0 saturated heterocycles. The molecule has 66 heavy (non-hydrogen) atoms. The molecule has 2 N–H and O–H groups in total. The topological polar surface area (TPSA) is 119 Å². The zero-order chi connectivity index (χ0) is 46.3. The molecule has 1 aliphatic heterocycles. The molecule has 11 heteroatoms. The van der Waals surface area contributed by atoms with Crippen molar-refractivity contribution in [3.05, 3.63) is 139 Å². The van der Waals surface area contributed by atoms with Gasteiger partial charge in [0.2, 0.25) is 5.79 Å². The highest BCUT2D eigenvalue weighted by molar-refractivity contribution is 6.18. The number of rotatable bonds is 19. The van der Waals surface area contributed by atoms with Gasteiger partial charge in [-0.25, -0.2) is 4.79 Å². The van der Waals surface area contributed by atoms with E-state index in [1.165, 1.54) is 0 Å². The van der Waals surface area contributed by atoms with E-state index in [0.717, 1.165) is 63.9 Å². The highest BCUT2D eigenvalue weighted by Gasteiger charge is 2.66. The quantitative estimate of drug-likeness (QED) is 0.0364. The van der Waals surface area contributed by atoms with Crippen LogP contribution in [0.2, 0.25) is 0 Å². The Morgan fingerprint density at radius 1 is 0.894 bits per heavy atom. The maximum atomic E-state index is 14.9. The summed E-state index contributed by atoms with van der Waals surface area (Å²) in [5.41, 5.74) is 2.92. The third kappa shape index (κ3) is 10.1. The first-order chi connectivity index (χ1) is 32.1. The second-order valence-corrected chi connectivity index (χ2v) is 19.0. The minimum Gasteiger partial charge on any atom is -0.459 e. The van der Waals surface area contributed by atoms with Crippen molar-refractivity contribution in [2.45, 2.75) is 95.6 Å². The van der Waals surface area contributed by atoms with Gasteiger partial charge in [-0.05, 0) is 121 Å². The van der Waals surface area contributed by atoms with E-state index < -0.39 is 29.4 Å². The van der Waals surface area contributed by atoms with E-state index in [2.05, 4.69) is 55.1 Å². The molecule has 3 aliphatic rings. The number of nitrogens with zero attached hydrogens (tertiary/aromatic N) is 2. The fraction of sp³-hybridized carbons (Fsp3) is 0.418. The Morgan fingerprint density at radius 3 is 2.36 bits per heavy atom. The monoisotopic (exact) mass is 914 g/mol. The number of ether oxygens (including phenoxy) is 4. The second-order valence-electron chi connectivity index (χ2n) is 18.7. The maximum Gasteiger partial charge on any atom is 0.410 e. The number of aliphatic hydroxyl groups excluding tert-OH is 2. The van der Waals surface area contributed by atoms with Gasteiger partial charge in [0.05, 0.1) is 30.7 Å². The molecule has 1 heterocycles. The van der Waals surface area contributed by atoms with Crippen LogP contribution in [-0.2, 0) is 20.9 Å². The number of amides is 1. The molecule has 1 amide bonds. The number of unbranched alkanes of at least 4 members (excludes halogenated alkanes) is 2. The van der Waals surface area contributed by atoms with Gasteiger partial charge in [0.15, 0.2) is 0 Å². The summed E-state index contributed by atoms with van der Waals surface area (Å²) < 4.78 is 27.3. The van der Waals surface area contributed by atoms with Crippen molar-refractivity contribution >= 4 is 45.0 Å². The molecule has 8 rings (SSSR count). The minimum atomic E-state index is -1.48. The molecule has 6 unspecified atom stereocenters. The zero-order valence-corrected chi connectivity index (χ0v) is 39.1. The number of halogens is 1. The van der Waals surface area contributed by atoms with Crippen LogP contribution in [0.3, 0.4) is 0 Å². The first-order valence-corrected chi connectivity index (χ1v) is 24.0. The molecule has 5 aromatic carbocycles. The van der Waals surface area contributed by atoms with Crippen LogP contribution in [0.25, 0.3) is 21.5 Å². The van der Waals surface area contributed by atoms with Crippen molar-refractivity contribution in [3.63, 3.8) is 0 Å². The fourth-order valence-electron chi connectivity index (χ4n) is 10.4. The van der Waals surface area contributed by atoms with Crippen LogP contribution in [0.15, 0.2) is 133 Å². The van der Waals surface area contributed by atoms with Crippen LogP contribution in [0.4, 0.5) is 4.79 Å². The van der Waals surface area contributed by atoms with Crippen LogP contribution >= 0.6 is 11.6 Å². The van der Waals surface area contributed by atoms with Crippen LogP contribution in [0.1, 0.15) is 82.8 Å². The number of carbonyl (C=O) groups excluding carboxylic acids is 1. The number of hydrogen-bond donors (Lipinski definition) is 2. The molecular formula is C55H63ClN2O8. The van der Waals surface area contributed by atoms with E-state index in [0.29, 0.717) is 35.8 Å². The van der Waals surface area contributed by atoms with Gasteiger partial charge in [0.25, 0.3) is 0 Å². The third-order valence-corrected chi connectivity index (χ3v) is 13.3. The van der Waals surface area contributed by atoms with E-state index in [1.54, 1.807) is 11.0 Å². The second kappa shape index (κ2) is 21.1. The summed E-state index contributed by atoms with van der Waals surface area (Å²) in [6, 6.07) is 33.8. The molecule has 1 fully saturated rings. The van der Waals surface area contributed by atoms with E-state index in [4.69, 9.17) is 40.5 Å². The number of allylic oxidation sites excluding steroid dienone is 1. The summed E-state index contributed by atoms with van der Waals surface area (Å²) in [6.45, 7) is 10.5. The summed E-state index contributed by atoms with van der Waals surface area (Å²) in [5, 5.41) is 29.3. The van der Waals surface area contributed by atoms with Crippen molar-refractivity contribution in [1.29, 1.82) is 0 Å². The molecule has 348 valence electrons. The van der Waals surface area contributed by atoms with Gasteiger partial charge in [-0.2, -0.15) is 0 Å². The van der Waals surface area contributed by atoms with Gasteiger partial charge in [-0.3, -0.25) is 4.90 Å². The number of fused-ring (bicyclic) bond motifs is 4. The standard InChI is InChI=1S/C55H63ClN2O8/c1-5-30-63-55-50(58(53(61)62-31-27-56)36-41-20-14-19-38-16-8-9-21-44(38)41)35-48(57-66-54(2,3)4)46-33-40(18-10-12-28-59)45(22-11-13-29-60)51(52(46)55)47-34-43(25-26-49(47)65-55)64-42-24-23-37-15-6-7-17-39(37)32-42/h5-9,14-17,19-21,23-26,32-34,40,45,50-52,59-60H,1,10-13,18,22,27-31,35-36H2,2-4H3. The number of benzene rings is 5. The van der Waals surface area contributed by atoms with Crippen LogP contribution in [0, 0.1) is 17.8 Å². The Balaban J connectivity index is 1.35. The molecule has 10 nitrogen and oxygen atoms in total. The summed E-state index contributed by atoms with van der Waals surface area (Å²) in [7, 11) is 0. The highest BCUT2D eigenvalue weighted by atomic mass is 35.5. The van der Waals surface area contributed by atoms with Crippen LogP contribution in [0.5, 0.6) is 17.2 Å². The van der Waals surface area contributed by atoms with E-state index in [1.807, 2.05) is 81.4 Å². The molecule has 6 atom stereocenters. The minimum absolute atomic E-state index is 0.0110. The van der Waals surface area contributed by atoms with Gasteiger partial charge in [-0.1, -0.05) is 103 Å². The van der Waals surface area contributed by atoms with Gasteiger partial charge >= 0.3 is 6.09 Å². The largest absolute Gasteiger partial charge is 0.459 e. The number of hydrogen-bond acceptors (Lipinski definition) is 9. The first kappa shape index (κ1) is 47.1. The number of aliphatic hydroxyl groups is 2. The molecule has 1 saturated carbocycles. The van der Waals surface area contributed by atoms with Gasteiger partial charge in [0, 0.05) is 31.1 Å². The van der Waals surface area contributed by atoms with Crippen molar-refractivity contribution < 1.29 is 38.8 Å². The Labute approximate surface area is 393 Å². The molecule has 0 bridgehead atoms. The molecule has 5 aromatic rings. The predicted octanol–water partition coefficient (Wildman–Crippen LogP) is 12.1. The van der Waals surface area contributed by atoms with Gasteiger partial charge < -0.3 is 34.0 Å². The zero-order valence-electron chi connectivity index (χ0n) is 38.4. The average Bonchev–Trinajstić information content (AvgIpc) is 3.32. The summed E-state index contributed by atoms with van der Waals surface area (Å²) in [5.74, 6) is 0.00633. The van der Waals surface area contributed by atoms with E-state index in [-0.39, 0.29) is 63.0 Å². The summed E-state index contributed by atoms with van der Waals surface area (Å²) in [6.07, 6.45) is 8.31. The SMILES string of the molecule is C=CCOC12Oc3ccc(Oc4ccc5ccccc5c4)cc3C3C(CCCCO)C(CCCCO)C=C(C(=NOC(C)(C)C)CC1N(Cc1cccc4ccccc14)C(=O)OCCCl)C32. The van der Waals surface area contributed by atoms with Gasteiger partial charge in [-0.15, -0.1) is 18.2 Å². The Bertz CT molecular complexity index is 2550. The fourth-order valence-corrected chi connectivity index (χ4v) is 10.5. The lowest BCUT2D eigenvalue weighted by Crippen LogP contribution is -2.70. The lowest BCUT2D eigenvalue weighted by atomic mass is 9.55. The lowest BCUT2D eigenvalue weighted by molar-refractivity contribution is -0.256. The van der Waals surface area contributed by atoms with Crippen molar-refractivity contribution in [2.24, 2.45) is 22.9 Å². The predicted molar refractivity (Wildman–Crippen MR) is 261 cm³/mol. The van der Waals surface area contributed by atoms with Crippen molar-refractivity contribution in [3.8, 4) is 17.2 Å². The van der Waals surface area contributed by atoms with E-state index in [9.17, 15) is 15.0 Å². The lowest BCUT2D eigenvalue weighted by Gasteiger charge is -2.60. The number of carbonyl (C=O) groups is 1. The third-order valence-electron chi connectivity index (χ3n) is 13.2. The maximum absolute atomic E-state index is 14.9. The normalized spacial score (nSPS) is 22.8. The summed E-state index contributed by atoms with van der Waals surface area (Å²) >= 11 is 6.19. The Morgan fingerprint density at radius 2 is 1.61 bits per heavy atom. The van der Waals surface area contributed by atoms with E-state index >= 15 is 0 Å². The number of oxime groups is 1. The summed E-state index contributed by atoms with van der Waals surface area (Å²) in [4.78, 5) is 22.9. The molecule has 2 aliphatic carbocycles. The smallest absolute Gasteiger partial charge is 0.410 e. The molecular weight excluding hydrogens is 852 g/mol. The average molecular weight is 916 g/mol. The highest BCUT2D eigenvalue weighted by Crippen LogP contribution is 2.62. The Hall–Kier alpha value is -5.39. The van der Waals surface area contributed by atoms with Crippen molar-refractivity contribution in [2.75, 3.05) is 32.3 Å². The molecule has 0 spiro atoms. The van der Waals surface area contributed by atoms with Crippen molar-refractivity contribution in [1.82, 2.24) is 4.90 Å². The van der Waals surface area contributed by atoms with Gasteiger partial charge in [0.1, 0.15) is 35.5 Å². The first-order valence-electron chi connectivity index (χ1n) is 23.5. The molecule has 0 radical (unpaired) electrons. The van der Waals surface area contributed by atoms with Crippen LogP contribution < -0.4 is 9.47 Å². The molecule has 0 aromatic heterocycles. The van der Waals surface area contributed by atoms with Crippen LogP contribution in [-0.4, -0.2) is 76.7 Å². The number of alkyl halides is 1. The Kier molecular flexibility index (Phi) is 15.0.